The van der Waals surface area contributed by atoms with E-state index in [1.807, 2.05) is 0 Å². The van der Waals surface area contributed by atoms with Crippen LogP contribution in [0.25, 0.3) is 0 Å². The molecule has 2 heterocycles. The number of benzene rings is 1. The molecule has 3 rings (SSSR count). The molecule has 0 bridgehead atoms. The van der Waals surface area contributed by atoms with Crippen LogP contribution >= 0.6 is 15.9 Å². The van der Waals surface area contributed by atoms with E-state index >= 15 is 0 Å². The number of halogens is 2. The molecule has 0 saturated carbocycles. The molecule has 0 aliphatic rings. The normalized spacial score (nSPS) is 11.1. The first-order valence-corrected chi connectivity index (χ1v) is 11.2. The lowest BCUT2D eigenvalue weighted by atomic mass is 10.2. The Morgan fingerprint density at radius 2 is 2.06 bits per heavy atom. The number of sulfonamides is 1. The number of carbonyl (C=O) groups excluding carboxylic acids is 1. The third kappa shape index (κ3) is 4.97. The number of anilines is 3. The Bertz CT molecular complexity index is 1190. The highest BCUT2D eigenvalue weighted by Gasteiger charge is 2.24. The number of amides is 1. The number of pyridine rings is 1. The molecule has 9 nitrogen and oxygen atoms in total. The summed E-state index contributed by atoms with van der Waals surface area (Å²) < 4.78 is 47.0. The number of hydrogen-bond donors (Lipinski definition) is 1. The van der Waals surface area contributed by atoms with Crippen molar-refractivity contribution in [3.63, 3.8) is 0 Å². The average molecular weight is 510 g/mol. The lowest BCUT2D eigenvalue weighted by molar-refractivity contribution is -0.117. The van der Waals surface area contributed by atoms with Crippen LogP contribution in [0.3, 0.4) is 0 Å². The zero-order valence-corrected chi connectivity index (χ0v) is 18.8. The molecule has 12 heteroatoms. The van der Waals surface area contributed by atoms with E-state index in [-0.39, 0.29) is 44.8 Å². The zero-order valence-electron chi connectivity index (χ0n) is 16.4. The zero-order chi connectivity index (χ0) is 22.6. The molecule has 0 atom stereocenters. The minimum atomic E-state index is -3.98. The van der Waals surface area contributed by atoms with Gasteiger partial charge in [-0.1, -0.05) is 6.92 Å². The summed E-state index contributed by atoms with van der Waals surface area (Å²) >= 11 is 3.08. The number of carbonyl (C=O) groups is 1. The molecule has 0 saturated heterocycles. The van der Waals surface area contributed by atoms with Gasteiger partial charge in [-0.25, -0.2) is 17.8 Å². The van der Waals surface area contributed by atoms with E-state index in [9.17, 15) is 17.6 Å². The number of ether oxygens (including phenoxy) is 1. The predicted octanol–water partition coefficient (Wildman–Crippen LogP) is 3.66. The highest BCUT2D eigenvalue weighted by atomic mass is 79.9. The summed E-state index contributed by atoms with van der Waals surface area (Å²) in [7, 11) is -2.59. The first-order chi connectivity index (χ1) is 14.8. The van der Waals surface area contributed by atoms with E-state index in [1.165, 1.54) is 48.5 Å². The Morgan fingerprint density at radius 3 is 2.65 bits per heavy atom. The summed E-state index contributed by atoms with van der Waals surface area (Å²) in [6.07, 6.45) is 2.59. The van der Waals surface area contributed by atoms with Gasteiger partial charge in [-0.15, -0.1) is 5.10 Å². The van der Waals surface area contributed by atoms with E-state index in [0.29, 0.717) is 0 Å². The smallest absolute Gasteiger partial charge is 0.264 e. The second-order valence-corrected chi connectivity index (χ2v) is 8.62. The summed E-state index contributed by atoms with van der Waals surface area (Å²) in [5.41, 5.74) is 0.135. The average Bonchev–Trinajstić information content (AvgIpc) is 2.76. The third-order valence-electron chi connectivity index (χ3n) is 4.09. The predicted molar refractivity (Wildman–Crippen MR) is 115 cm³/mol. The molecular weight excluding hydrogens is 493 g/mol. The molecular formula is C19H17BrFN5O4S. The minimum Gasteiger partial charge on any atom is -0.495 e. The Balaban J connectivity index is 2.00. The number of methoxy groups -OCH3 is 1. The fraction of sp³-hybridized carbons (Fsp3) is 0.158. The van der Waals surface area contributed by atoms with Crippen LogP contribution < -0.4 is 14.4 Å². The maximum absolute atomic E-state index is 14.2. The van der Waals surface area contributed by atoms with Gasteiger partial charge in [0.25, 0.3) is 10.0 Å². The molecule has 0 unspecified atom stereocenters. The first-order valence-electron chi connectivity index (χ1n) is 8.89. The van der Waals surface area contributed by atoms with Gasteiger partial charge in [0.1, 0.15) is 22.3 Å². The van der Waals surface area contributed by atoms with Crippen LogP contribution in [0.4, 0.5) is 21.7 Å². The second-order valence-electron chi connectivity index (χ2n) is 6.09. The minimum absolute atomic E-state index is 0.0458. The van der Waals surface area contributed by atoms with Gasteiger partial charge in [0, 0.05) is 24.9 Å². The molecule has 31 heavy (non-hydrogen) atoms. The van der Waals surface area contributed by atoms with Crippen molar-refractivity contribution >= 4 is 49.2 Å². The molecule has 1 amide bonds. The lowest BCUT2D eigenvalue weighted by Gasteiger charge is -2.24. The number of hydrogen-bond acceptors (Lipinski definition) is 7. The molecule has 0 fully saturated rings. The van der Waals surface area contributed by atoms with Crippen LogP contribution in [0.5, 0.6) is 5.75 Å². The monoisotopic (exact) mass is 509 g/mol. The van der Waals surface area contributed by atoms with Gasteiger partial charge in [-0.05, 0) is 46.3 Å². The quantitative estimate of drug-likeness (QED) is 0.516. The Morgan fingerprint density at radius 1 is 1.29 bits per heavy atom. The summed E-state index contributed by atoms with van der Waals surface area (Å²) in [5.74, 6) is -0.606. The number of nitrogens with one attached hydrogen (secondary N) is 1. The van der Waals surface area contributed by atoms with Crippen molar-refractivity contribution in [2.45, 2.75) is 18.2 Å². The van der Waals surface area contributed by atoms with Crippen LogP contribution in [0.1, 0.15) is 13.3 Å². The van der Waals surface area contributed by atoms with E-state index < -0.39 is 15.8 Å². The highest BCUT2D eigenvalue weighted by Crippen LogP contribution is 2.37. The molecule has 1 aromatic carbocycles. The molecule has 1 N–H and O–H groups in total. The van der Waals surface area contributed by atoms with Crippen LogP contribution in [0, 0.1) is 5.82 Å². The van der Waals surface area contributed by atoms with Gasteiger partial charge in [0.15, 0.2) is 5.82 Å². The SMILES string of the molecule is CCC(=O)N(c1ccc(S(=O)(=O)Nc2cccnn2)cn1)c1cc(F)c(Br)cc1OC. The topological polar surface area (TPSA) is 114 Å². The van der Waals surface area contributed by atoms with Gasteiger partial charge in [-0.3, -0.25) is 14.4 Å². The van der Waals surface area contributed by atoms with Crippen molar-refractivity contribution in [3.05, 3.63) is 59.1 Å². The Labute approximate surface area is 186 Å². The largest absolute Gasteiger partial charge is 0.495 e. The van der Waals surface area contributed by atoms with Crippen LogP contribution in [0.2, 0.25) is 0 Å². The third-order valence-corrected chi connectivity index (χ3v) is 6.03. The fourth-order valence-electron chi connectivity index (χ4n) is 2.62. The molecule has 2 aromatic heterocycles. The van der Waals surface area contributed by atoms with Gasteiger partial charge in [0.2, 0.25) is 5.91 Å². The van der Waals surface area contributed by atoms with Gasteiger partial charge < -0.3 is 4.74 Å². The van der Waals surface area contributed by atoms with Crippen molar-refractivity contribution in [3.8, 4) is 5.75 Å². The molecule has 0 spiro atoms. The van der Waals surface area contributed by atoms with Crippen molar-refractivity contribution in [2.24, 2.45) is 0 Å². The molecule has 0 aliphatic carbocycles. The highest BCUT2D eigenvalue weighted by molar-refractivity contribution is 9.10. The Kier molecular flexibility index (Phi) is 6.81. The number of aromatic nitrogens is 3. The van der Waals surface area contributed by atoms with Crippen LogP contribution in [-0.2, 0) is 14.8 Å². The maximum Gasteiger partial charge on any atom is 0.264 e. The van der Waals surface area contributed by atoms with E-state index in [2.05, 4.69) is 35.8 Å². The number of nitrogens with zero attached hydrogens (tertiary/aromatic N) is 4. The van der Waals surface area contributed by atoms with Crippen LogP contribution in [0.15, 0.2) is 58.2 Å². The lowest BCUT2D eigenvalue weighted by Crippen LogP contribution is -2.26. The second kappa shape index (κ2) is 9.35. The van der Waals surface area contributed by atoms with Crippen molar-refractivity contribution in [1.29, 1.82) is 0 Å². The maximum atomic E-state index is 14.2. The van der Waals surface area contributed by atoms with E-state index in [0.717, 1.165) is 12.3 Å². The molecule has 162 valence electrons. The summed E-state index contributed by atoms with van der Waals surface area (Å²) in [4.78, 5) is 17.8. The number of rotatable bonds is 7. The Hall–Kier alpha value is -3.12. The molecule has 0 radical (unpaired) electrons. The van der Waals surface area contributed by atoms with E-state index in [4.69, 9.17) is 4.74 Å². The van der Waals surface area contributed by atoms with Gasteiger partial charge in [0.05, 0.1) is 17.3 Å². The summed E-state index contributed by atoms with van der Waals surface area (Å²) in [5, 5.41) is 7.29. The summed E-state index contributed by atoms with van der Waals surface area (Å²) in [6, 6.07) is 8.13. The van der Waals surface area contributed by atoms with Crippen LogP contribution in [-0.4, -0.2) is 36.6 Å². The fourth-order valence-corrected chi connectivity index (χ4v) is 3.88. The molecule has 3 aromatic rings. The van der Waals surface area contributed by atoms with Crippen molar-refractivity contribution in [1.82, 2.24) is 15.2 Å². The first kappa shape index (κ1) is 22.6. The van der Waals surface area contributed by atoms with E-state index in [1.54, 1.807) is 6.92 Å². The van der Waals surface area contributed by atoms with Gasteiger partial charge in [-0.2, -0.15) is 5.10 Å². The summed E-state index contributed by atoms with van der Waals surface area (Å²) in [6.45, 7) is 1.64. The van der Waals surface area contributed by atoms with Gasteiger partial charge >= 0.3 is 0 Å². The van der Waals surface area contributed by atoms with Crippen molar-refractivity contribution < 1.29 is 22.3 Å². The van der Waals surface area contributed by atoms with Crippen molar-refractivity contribution in [2.75, 3.05) is 16.7 Å². The molecule has 0 aliphatic heterocycles. The standard InChI is InChI=1S/C19H17BrFN5O4S/c1-3-19(27)26(15-10-14(21)13(20)9-16(15)30-2)18-7-6-12(11-22-18)31(28,29)25-17-5-4-8-23-24-17/h4-11H,3H2,1-2H3,(H,24,25).